The van der Waals surface area contributed by atoms with Crippen LogP contribution in [-0.2, 0) is 4.74 Å². The molecule has 1 N–H and O–H groups in total. The molecule has 130 valence electrons. The summed E-state index contributed by atoms with van der Waals surface area (Å²) in [6, 6.07) is 9.03. The van der Waals surface area contributed by atoms with Crippen molar-refractivity contribution in [1.29, 1.82) is 0 Å². The maximum atomic E-state index is 11.0. The highest BCUT2D eigenvalue weighted by molar-refractivity contribution is 5.83. The molecular formula is C17H19N5O3. The SMILES string of the molecule is Cc1cc(N2CCOCC2)ccc1/C=N\Nc1ncccc1[N+](=O)[O-]. The Morgan fingerprint density at radius 2 is 2.16 bits per heavy atom. The highest BCUT2D eigenvalue weighted by Gasteiger charge is 2.13. The second-order valence-corrected chi connectivity index (χ2v) is 5.64. The largest absolute Gasteiger partial charge is 0.378 e. The Kier molecular flexibility index (Phi) is 5.20. The van der Waals surface area contributed by atoms with E-state index in [0.717, 1.165) is 43.1 Å². The van der Waals surface area contributed by atoms with Crippen molar-refractivity contribution in [2.24, 2.45) is 5.10 Å². The lowest BCUT2D eigenvalue weighted by atomic mass is 10.1. The fraction of sp³-hybridized carbons (Fsp3) is 0.294. The molecule has 1 aromatic heterocycles. The van der Waals surface area contributed by atoms with Crippen molar-refractivity contribution in [3.8, 4) is 0 Å². The van der Waals surface area contributed by atoms with Gasteiger partial charge in [0.2, 0.25) is 5.82 Å². The predicted molar refractivity (Wildman–Crippen MR) is 96.3 cm³/mol. The van der Waals surface area contributed by atoms with Crippen molar-refractivity contribution < 1.29 is 9.66 Å². The van der Waals surface area contributed by atoms with E-state index in [9.17, 15) is 10.1 Å². The molecule has 0 unspecified atom stereocenters. The van der Waals surface area contributed by atoms with E-state index in [1.807, 2.05) is 19.1 Å². The standard InChI is InChI=1S/C17H19N5O3/c1-13-11-15(21-7-9-25-10-8-21)5-4-14(13)12-19-20-17-16(22(23)24)3-2-6-18-17/h2-6,11-12H,7-10H2,1H3,(H,18,20)/b19-12-. The highest BCUT2D eigenvalue weighted by Crippen LogP contribution is 2.21. The minimum atomic E-state index is -0.493. The normalized spacial score (nSPS) is 14.7. The minimum Gasteiger partial charge on any atom is -0.378 e. The quantitative estimate of drug-likeness (QED) is 0.510. The summed E-state index contributed by atoms with van der Waals surface area (Å²) < 4.78 is 5.37. The lowest BCUT2D eigenvalue weighted by Crippen LogP contribution is -2.36. The number of nitro groups is 1. The second kappa shape index (κ2) is 7.71. The Labute approximate surface area is 145 Å². The maximum Gasteiger partial charge on any atom is 0.313 e. The van der Waals surface area contributed by atoms with Crippen LogP contribution in [0.25, 0.3) is 0 Å². The molecule has 2 heterocycles. The zero-order valence-electron chi connectivity index (χ0n) is 13.9. The molecule has 0 aliphatic carbocycles. The molecule has 1 aliphatic rings. The van der Waals surface area contributed by atoms with Gasteiger partial charge in [-0.3, -0.25) is 15.5 Å². The van der Waals surface area contributed by atoms with Crippen LogP contribution in [0.4, 0.5) is 17.2 Å². The van der Waals surface area contributed by atoms with Gasteiger partial charge < -0.3 is 9.64 Å². The maximum absolute atomic E-state index is 11.0. The Morgan fingerprint density at radius 3 is 2.88 bits per heavy atom. The Morgan fingerprint density at radius 1 is 1.36 bits per heavy atom. The summed E-state index contributed by atoms with van der Waals surface area (Å²) in [5.74, 6) is 0.117. The predicted octanol–water partition coefficient (Wildman–Crippen LogP) is 2.58. The molecule has 0 bridgehead atoms. The second-order valence-electron chi connectivity index (χ2n) is 5.64. The molecule has 0 atom stereocenters. The van der Waals surface area contributed by atoms with Crippen molar-refractivity contribution >= 4 is 23.4 Å². The first-order chi connectivity index (χ1) is 12.1. The van der Waals surface area contributed by atoms with Gasteiger partial charge in [0.05, 0.1) is 24.4 Å². The van der Waals surface area contributed by atoms with Gasteiger partial charge in [0.15, 0.2) is 0 Å². The van der Waals surface area contributed by atoms with Crippen molar-refractivity contribution in [2.45, 2.75) is 6.92 Å². The van der Waals surface area contributed by atoms with E-state index >= 15 is 0 Å². The summed E-state index contributed by atoms with van der Waals surface area (Å²) in [4.78, 5) is 16.7. The van der Waals surface area contributed by atoms with Gasteiger partial charge in [-0.1, -0.05) is 6.07 Å². The first-order valence-corrected chi connectivity index (χ1v) is 7.97. The Hall–Kier alpha value is -3.00. The van der Waals surface area contributed by atoms with E-state index in [1.165, 1.54) is 18.3 Å². The molecule has 3 rings (SSSR count). The number of anilines is 2. The molecule has 1 aromatic carbocycles. The molecule has 0 spiro atoms. The third-order valence-corrected chi connectivity index (χ3v) is 3.99. The summed E-state index contributed by atoms with van der Waals surface area (Å²) in [7, 11) is 0. The van der Waals surface area contributed by atoms with Crippen molar-refractivity contribution in [3.63, 3.8) is 0 Å². The summed E-state index contributed by atoms with van der Waals surface area (Å²) in [5.41, 5.74) is 5.69. The van der Waals surface area contributed by atoms with Gasteiger partial charge in [-0.2, -0.15) is 5.10 Å². The van der Waals surface area contributed by atoms with Gasteiger partial charge in [0, 0.05) is 31.0 Å². The summed E-state index contributed by atoms with van der Waals surface area (Å²) in [6.45, 7) is 5.27. The Bertz CT molecular complexity index is 788. The van der Waals surface area contributed by atoms with Gasteiger partial charge in [-0.05, 0) is 36.2 Å². The summed E-state index contributed by atoms with van der Waals surface area (Å²) >= 11 is 0. The molecule has 1 saturated heterocycles. The number of aromatic nitrogens is 1. The van der Waals surface area contributed by atoms with Crippen LogP contribution in [-0.4, -0.2) is 42.4 Å². The van der Waals surface area contributed by atoms with E-state index in [1.54, 1.807) is 6.21 Å². The van der Waals surface area contributed by atoms with Crippen LogP contribution in [0.3, 0.4) is 0 Å². The lowest BCUT2D eigenvalue weighted by Gasteiger charge is -2.29. The van der Waals surface area contributed by atoms with E-state index in [2.05, 4.69) is 26.5 Å². The van der Waals surface area contributed by atoms with Crippen LogP contribution in [0, 0.1) is 17.0 Å². The molecule has 8 nitrogen and oxygen atoms in total. The number of hydrogen-bond acceptors (Lipinski definition) is 7. The number of benzene rings is 1. The number of aryl methyl sites for hydroxylation is 1. The number of rotatable bonds is 5. The van der Waals surface area contributed by atoms with Gasteiger partial charge in [-0.25, -0.2) is 4.98 Å². The van der Waals surface area contributed by atoms with Crippen LogP contribution in [0.15, 0.2) is 41.6 Å². The lowest BCUT2D eigenvalue weighted by molar-refractivity contribution is -0.384. The molecule has 0 radical (unpaired) electrons. The molecular weight excluding hydrogens is 322 g/mol. The first-order valence-electron chi connectivity index (χ1n) is 7.97. The fourth-order valence-electron chi connectivity index (χ4n) is 2.62. The molecule has 0 saturated carbocycles. The topological polar surface area (TPSA) is 92.9 Å². The van der Waals surface area contributed by atoms with Gasteiger partial charge >= 0.3 is 5.69 Å². The number of pyridine rings is 1. The minimum absolute atomic E-state index is 0.112. The third-order valence-electron chi connectivity index (χ3n) is 3.99. The van der Waals surface area contributed by atoms with Gasteiger partial charge in [0.25, 0.3) is 0 Å². The average molecular weight is 341 g/mol. The first kappa shape index (κ1) is 16.8. The molecule has 1 aliphatic heterocycles. The van der Waals surface area contributed by atoms with E-state index in [0.29, 0.717) is 0 Å². The van der Waals surface area contributed by atoms with Gasteiger partial charge in [-0.15, -0.1) is 0 Å². The van der Waals surface area contributed by atoms with Crippen LogP contribution in [0.2, 0.25) is 0 Å². The number of hydrazone groups is 1. The van der Waals surface area contributed by atoms with Crippen molar-refractivity contribution in [2.75, 3.05) is 36.6 Å². The molecule has 25 heavy (non-hydrogen) atoms. The van der Waals surface area contributed by atoms with E-state index in [4.69, 9.17) is 4.74 Å². The Balaban J connectivity index is 1.70. The molecule has 1 fully saturated rings. The smallest absolute Gasteiger partial charge is 0.313 e. The van der Waals surface area contributed by atoms with E-state index < -0.39 is 4.92 Å². The molecule has 8 heteroatoms. The summed E-state index contributed by atoms with van der Waals surface area (Å²) in [5, 5.41) is 15.0. The number of ether oxygens (including phenoxy) is 1. The van der Waals surface area contributed by atoms with Crippen LogP contribution >= 0.6 is 0 Å². The zero-order valence-corrected chi connectivity index (χ0v) is 13.9. The fourth-order valence-corrected chi connectivity index (χ4v) is 2.62. The van der Waals surface area contributed by atoms with Crippen LogP contribution < -0.4 is 10.3 Å². The van der Waals surface area contributed by atoms with Gasteiger partial charge in [0.1, 0.15) is 0 Å². The number of nitrogens with zero attached hydrogens (tertiary/aromatic N) is 4. The molecule has 2 aromatic rings. The number of morpholine rings is 1. The molecule has 0 amide bonds. The van der Waals surface area contributed by atoms with Crippen LogP contribution in [0.1, 0.15) is 11.1 Å². The number of hydrogen-bond donors (Lipinski definition) is 1. The highest BCUT2D eigenvalue weighted by atomic mass is 16.6. The van der Waals surface area contributed by atoms with E-state index in [-0.39, 0.29) is 11.5 Å². The van der Waals surface area contributed by atoms with Crippen LogP contribution in [0.5, 0.6) is 0 Å². The monoisotopic (exact) mass is 341 g/mol. The average Bonchev–Trinajstić information content (AvgIpc) is 2.64. The zero-order chi connectivity index (χ0) is 17.6. The number of nitrogens with one attached hydrogen (secondary N) is 1. The van der Waals surface area contributed by atoms with Crippen molar-refractivity contribution in [3.05, 3.63) is 57.8 Å². The summed E-state index contributed by atoms with van der Waals surface area (Å²) in [6.07, 6.45) is 3.12. The third kappa shape index (κ3) is 4.10. The van der Waals surface area contributed by atoms with Crippen molar-refractivity contribution in [1.82, 2.24) is 4.98 Å².